The van der Waals surface area contributed by atoms with Crippen molar-refractivity contribution in [3.05, 3.63) is 78.3 Å². The van der Waals surface area contributed by atoms with E-state index in [9.17, 15) is 4.39 Å². The normalized spacial score (nSPS) is 18.1. The minimum atomic E-state index is -0.177. The van der Waals surface area contributed by atoms with Crippen molar-refractivity contribution in [3.8, 4) is 5.82 Å². The first kappa shape index (κ1) is 15.0. The van der Waals surface area contributed by atoms with Crippen molar-refractivity contribution >= 4 is 0 Å². The Labute approximate surface area is 140 Å². The Bertz CT molecular complexity index is 816. The lowest BCUT2D eigenvalue weighted by atomic mass is 10.1. The third kappa shape index (κ3) is 3.08. The van der Waals surface area contributed by atoms with Gasteiger partial charge in [-0.15, -0.1) is 0 Å². The number of nitrogens with zero attached hydrogens (tertiary/aromatic N) is 4. The van der Waals surface area contributed by atoms with Gasteiger partial charge in [0.05, 0.1) is 11.7 Å². The van der Waals surface area contributed by atoms with Crippen LogP contribution >= 0.6 is 0 Å². The molecular formula is C19H19FN4. The van der Waals surface area contributed by atoms with E-state index in [2.05, 4.69) is 16.0 Å². The van der Waals surface area contributed by atoms with E-state index in [0.29, 0.717) is 0 Å². The van der Waals surface area contributed by atoms with Crippen molar-refractivity contribution in [3.63, 3.8) is 0 Å². The minimum Gasteiger partial charge on any atom is -0.291 e. The number of halogens is 1. The lowest BCUT2D eigenvalue weighted by molar-refractivity contribution is 0.244. The second-order valence-corrected chi connectivity index (χ2v) is 6.15. The second-order valence-electron chi connectivity index (χ2n) is 6.15. The Morgan fingerprint density at radius 3 is 2.92 bits per heavy atom. The highest BCUT2D eigenvalue weighted by Crippen LogP contribution is 2.32. The van der Waals surface area contributed by atoms with E-state index in [4.69, 9.17) is 4.98 Å². The first-order valence-electron chi connectivity index (χ1n) is 8.23. The third-order valence-electron chi connectivity index (χ3n) is 4.50. The number of benzene rings is 1. The number of imidazole rings is 1. The van der Waals surface area contributed by atoms with Crippen LogP contribution < -0.4 is 0 Å². The van der Waals surface area contributed by atoms with Crippen molar-refractivity contribution in [2.45, 2.75) is 25.4 Å². The largest absolute Gasteiger partial charge is 0.291 e. The zero-order valence-corrected chi connectivity index (χ0v) is 13.3. The molecule has 3 heterocycles. The molecule has 4 nitrogen and oxygen atoms in total. The van der Waals surface area contributed by atoms with E-state index >= 15 is 0 Å². The molecule has 5 heteroatoms. The van der Waals surface area contributed by atoms with E-state index < -0.39 is 0 Å². The molecule has 24 heavy (non-hydrogen) atoms. The summed E-state index contributed by atoms with van der Waals surface area (Å²) in [4.78, 5) is 11.3. The summed E-state index contributed by atoms with van der Waals surface area (Å²) < 4.78 is 15.3. The fourth-order valence-corrected chi connectivity index (χ4v) is 3.38. The summed E-state index contributed by atoms with van der Waals surface area (Å²) >= 11 is 0. The fraction of sp³-hybridized carbons (Fsp3) is 0.263. The molecule has 0 spiro atoms. The SMILES string of the molecule is Fc1cccc(CN2CCC[C@@H]2c2cccc(-n3ccnc3)n2)c1. The van der Waals surface area contributed by atoms with E-state index in [1.807, 2.05) is 29.0 Å². The zero-order valence-electron chi connectivity index (χ0n) is 13.3. The van der Waals surface area contributed by atoms with Crippen LogP contribution in [0.25, 0.3) is 5.82 Å². The van der Waals surface area contributed by atoms with Crippen molar-refractivity contribution in [1.29, 1.82) is 0 Å². The summed E-state index contributed by atoms with van der Waals surface area (Å²) in [7, 11) is 0. The van der Waals surface area contributed by atoms with Gasteiger partial charge in [-0.25, -0.2) is 14.4 Å². The average Bonchev–Trinajstić information content (AvgIpc) is 3.27. The molecule has 1 saturated heterocycles. The van der Waals surface area contributed by atoms with Crippen LogP contribution in [-0.2, 0) is 6.54 Å². The van der Waals surface area contributed by atoms with Crippen LogP contribution in [0.5, 0.6) is 0 Å². The first-order valence-corrected chi connectivity index (χ1v) is 8.23. The van der Waals surface area contributed by atoms with Crippen LogP contribution in [0.3, 0.4) is 0 Å². The Morgan fingerprint density at radius 1 is 1.17 bits per heavy atom. The molecule has 122 valence electrons. The number of hydrogen-bond acceptors (Lipinski definition) is 3. The van der Waals surface area contributed by atoms with E-state index in [0.717, 1.165) is 43.0 Å². The van der Waals surface area contributed by atoms with E-state index in [1.165, 1.54) is 6.07 Å². The summed E-state index contributed by atoms with van der Waals surface area (Å²) in [6.45, 7) is 1.76. The second kappa shape index (κ2) is 6.53. The van der Waals surface area contributed by atoms with Crippen molar-refractivity contribution in [2.75, 3.05) is 6.54 Å². The minimum absolute atomic E-state index is 0.177. The number of hydrogen-bond donors (Lipinski definition) is 0. The van der Waals surface area contributed by atoms with Crippen LogP contribution in [0.4, 0.5) is 4.39 Å². The standard InChI is InChI=1S/C19H19FN4/c20-16-5-1-4-15(12-16)13-23-10-3-7-18(23)17-6-2-8-19(22-17)24-11-9-21-14-24/h1-2,4-6,8-9,11-12,14,18H,3,7,10,13H2/t18-/m1/s1. The zero-order chi connectivity index (χ0) is 16.4. The fourth-order valence-electron chi connectivity index (χ4n) is 3.38. The molecule has 1 aliphatic rings. The van der Waals surface area contributed by atoms with Gasteiger partial charge in [-0.1, -0.05) is 18.2 Å². The van der Waals surface area contributed by atoms with Crippen molar-refractivity contribution in [2.24, 2.45) is 0 Å². The molecule has 0 saturated carbocycles. The quantitative estimate of drug-likeness (QED) is 0.734. The van der Waals surface area contributed by atoms with Crippen LogP contribution in [0, 0.1) is 5.82 Å². The van der Waals surface area contributed by atoms with Crippen LogP contribution in [0.15, 0.2) is 61.2 Å². The van der Waals surface area contributed by atoms with Gasteiger partial charge in [0.25, 0.3) is 0 Å². The number of likely N-dealkylation sites (tertiary alicyclic amines) is 1. The van der Waals surface area contributed by atoms with Gasteiger partial charge >= 0.3 is 0 Å². The molecule has 1 aromatic carbocycles. The summed E-state index contributed by atoms with van der Waals surface area (Å²) in [5, 5.41) is 0. The average molecular weight is 322 g/mol. The molecule has 0 aliphatic carbocycles. The van der Waals surface area contributed by atoms with E-state index in [1.54, 1.807) is 24.7 Å². The molecule has 0 unspecified atom stereocenters. The van der Waals surface area contributed by atoms with E-state index in [-0.39, 0.29) is 11.9 Å². The maximum absolute atomic E-state index is 13.4. The van der Waals surface area contributed by atoms with Gasteiger partial charge < -0.3 is 0 Å². The molecule has 1 atom stereocenters. The number of pyridine rings is 1. The molecule has 0 radical (unpaired) electrons. The third-order valence-corrected chi connectivity index (χ3v) is 4.50. The Kier molecular flexibility index (Phi) is 4.09. The lowest BCUT2D eigenvalue weighted by Gasteiger charge is -2.24. The molecule has 3 aromatic rings. The van der Waals surface area contributed by atoms with Crippen molar-refractivity contribution in [1.82, 2.24) is 19.4 Å². The summed E-state index contributed by atoms with van der Waals surface area (Å²) in [5.41, 5.74) is 2.07. The maximum Gasteiger partial charge on any atom is 0.138 e. The first-order chi connectivity index (χ1) is 11.8. The molecule has 0 N–H and O–H groups in total. The van der Waals surface area contributed by atoms with Gasteiger partial charge in [-0.3, -0.25) is 9.47 Å². The highest BCUT2D eigenvalue weighted by Gasteiger charge is 2.27. The van der Waals surface area contributed by atoms with Gasteiger partial charge in [-0.2, -0.15) is 0 Å². The van der Waals surface area contributed by atoms with Gasteiger partial charge in [0.2, 0.25) is 0 Å². The Hall–Kier alpha value is -2.53. The van der Waals surface area contributed by atoms with Crippen LogP contribution in [-0.4, -0.2) is 26.0 Å². The molecule has 0 amide bonds. The highest BCUT2D eigenvalue weighted by molar-refractivity contribution is 5.26. The summed E-state index contributed by atoms with van der Waals surface area (Å²) in [5.74, 6) is 0.700. The maximum atomic E-state index is 13.4. The van der Waals surface area contributed by atoms with Crippen LogP contribution in [0.2, 0.25) is 0 Å². The molecular weight excluding hydrogens is 303 g/mol. The highest BCUT2D eigenvalue weighted by atomic mass is 19.1. The lowest BCUT2D eigenvalue weighted by Crippen LogP contribution is -2.23. The molecule has 1 aliphatic heterocycles. The molecule has 1 fully saturated rings. The molecule has 2 aromatic heterocycles. The number of rotatable bonds is 4. The monoisotopic (exact) mass is 322 g/mol. The van der Waals surface area contributed by atoms with Crippen molar-refractivity contribution < 1.29 is 4.39 Å². The Morgan fingerprint density at radius 2 is 2.08 bits per heavy atom. The topological polar surface area (TPSA) is 34.0 Å². The molecule has 0 bridgehead atoms. The predicted molar refractivity (Wildman–Crippen MR) is 90.1 cm³/mol. The summed E-state index contributed by atoms with van der Waals surface area (Å²) in [6.07, 6.45) is 7.61. The van der Waals surface area contributed by atoms with Gasteiger partial charge in [0.1, 0.15) is 18.0 Å². The van der Waals surface area contributed by atoms with Gasteiger partial charge in [0, 0.05) is 18.9 Å². The predicted octanol–water partition coefficient (Wildman–Crippen LogP) is 3.74. The van der Waals surface area contributed by atoms with Gasteiger partial charge in [0.15, 0.2) is 0 Å². The smallest absolute Gasteiger partial charge is 0.138 e. The van der Waals surface area contributed by atoms with Gasteiger partial charge in [-0.05, 0) is 49.2 Å². The molecule has 4 rings (SSSR count). The number of aromatic nitrogens is 3. The summed E-state index contributed by atoms with van der Waals surface area (Å²) in [6, 6.07) is 13.2. The van der Waals surface area contributed by atoms with Crippen LogP contribution in [0.1, 0.15) is 30.1 Å². The Balaban J connectivity index is 1.57.